The van der Waals surface area contributed by atoms with Gasteiger partial charge in [-0.05, 0) is 76.0 Å². The number of furan rings is 1. The lowest BCUT2D eigenvalue weighted by Crippen LogP contribution is -2.06. The van der Waals surface area contributed by atoms with Crippen molar-refractivity contribution in [2.45, 2.75) is 39.5 Å². The van der Waals surface area contributed by atoms with Crippen molar-refractivity contribution in [3.63, 3.8) is 0 Å². The van der Waals surface area contributed by atoms with Crippen molar-refractivity contribution in [1.82, 2.24) is 14.5 Å². The summed E-state index contributed by atoms with van der Waals surface area (Å²) in [6.07, 6.45) is 0. The first kappa shape index (κ1) is 24.8. The van der Waals surface area contributed by atoms with Crippen molar-refractivity contribution < 1.29 is 4.42 Å². The monoisotopic (exact) mass is 545 g/mol. The number of aromatic nitrogens is 3. The summed E-state index contributed by atoms with van der Waals surface area (Å²) < 4.78 is 8.61. The summed E-state index contributed by atoms with van der Waals surface area (Å²) in [6, 6.07) is 36.7. The Morgan fingerprint density at radius 2 is 1.29 bits per heavy atom. The Balaban J connectivity index is 1.49. The Kier molecular flexibility index (Phi) is 5.48. The van der Waals surface area contributed by atoms with E-state index in [4.69, 9.17) is 14.4 Å². The summed E-state index contributed by atoms with van der Waals surface area (Å²) in [7, 11) is 0. The van der Waals surface area contributed by atoms with E-state index in [1.54, 1.807) is 0 Å². The van der Waals surface area contributed by atoms with E-state index in [1.807, 2.05) is 0 Å². The van der Waals surface area contributed by atoms with Crippen LogP contribution < -0.4 is 0 Å². The molecular weight excluding hydrogens is 514 g/mol. The third-order valence-corrected chi connectivity index (χ3v) is 8.51. The topological polar surface area (TPSA) is 43.9 Å². The van der Waals surface area contributed by atoms with Crippen molar-refractivity contribution in [3.05, 3.63) is 114 Å². The van der Waals surface area contributed by atoms with E-state index in [0.29, 0.717) is 17.5 Å². The predicted molar refractivity (Wildman–Crippen MR) is 175 cm³/mol. The minimum atomic E-state index is 0.296. The van der Waals surface area contributed by atoms with Crippen molar-refractivity contribution in [3.8, 4) is 17.1 Å². The molecule has 42 heavy (non-hydrogen) atoms. The molecule has 204 valence electrons. The van der Waals surface area contributed by atoms with Crippen LogP contribution in [-0.4, -0.2) is 14.5 Å². The molecule has 4 nitrogen and oxygen atoms in total. The third-order valence-electron chi connectivity index (χ3n) is 8.51. The number of para-hydroxylation sites is 2. The first-order chi connectivity index (χ1) is 20.5. The fraction of sp³-hybridized carbons (Fsp3) is 0.158. The lowest BCUT2D eigenvalue weighted by Gasteiger charge is -2.22. The molecule has 0 aliphatic rings. The first-order valence-electron chi connectivity index (χ1n) is 14.7. The Bertz CT molecular complexity index is 2320. The number of rotatable bonds is 4. The van der Waals surface area contributed by atoms with Gasteiger partial charge in [0.05, 0.1) is 16.7 Å². The predicted octanol–water partition coefficient (Wildman–Crippen LogP) is 10.5. The van der Waals surface area contributed by atoms with Crippen LogP contribution >= 0.6 is 0 Å². The smallest absolute Gasteiger partial charge is 0.227 e. The standard InChI is InChI=1S/C38H31N3O/c1-22(2)31-19-18-29-30-21-24(17-20-34(30)42-38(29)40-31)37-39-32-15-9-10-16-33(32)41(37)36-28-14-8-6-12-26(28)25-11-5-7-13-27(25)35(36)23(3)4/h5-23H,1-4H3. The van der Waals surface area contributed by atoms with Crippen LogP contribution in [-0.2, 0) is 0 Å². The zero-order valence-corrected chi connectivity index (χ0v) is 24.2. The van der Waals surface area contributed by atoms with Gasteiger partial charge in [-0.2, -0.15) is 0 Å². The summed E-state index contributed by atoms with van der Waals surface area (Å²) in [5.74, 6) is 1.55. The maximum atomic E-state index is 6.23. The number of fused-ring (bicyclic) bond motifs is 7. The minimum Gasteiger partial charge on any atom is -0.438 e. The van der Waals surface area contributed by atoms with Gasteiger partial charge in [0.15, 0.2) is 0 Å². The molecule has 8 aromatic rings. The van der Waals surface area contributed by atoms with Gasteiger partial charge < -0.3 is 4.42 Å². The largest absolute Gasteiger partial charge is 0.438 e. The Hall–Kier alpha value is -4.96. The van der Waals surface area contributed by atoms with E-state index in [-0.39, 0.29) is 0 Å². The molecule has 0 amide bonds. The average molecular weight is 546 g/mol. The van der Waals surface area contributed by atoms with Gasteiger partial charge >= 0.3 is 0 Å². The summed E-state index contributed by atoms with van der Waals surface area (Å²) in [4.78, 5) is 10.1. The molecule has 0 aliphatic carbocycles. The van der Waals surface area contributed by atoms with E-state index in [0.717, 1.165) is 44.5 Å². The third kappa shape index (κ3) is 3.61. The van der Waals surface area contributed by atoms with Crippen molar-refractivity contribution in [2.24, 2.45) is 0 Å². The second-order valence-corrected chi connectivity index (χ2v) is 11.8. The molecule has 0 fully saturated rings. The molecule has 0 saturated heterocycles. The molecule has 0 unspecified atom stereocenters. The molecule has 0 saturated carbocycles. The molecule has 0 bridgehead atoms. The van der Waals surface area contributed by atoms with Crippen LogP contribution in [0.3, 0.4) is 0 Å². The number of nitrogens with zero attached hydrogens (tertiary/aromatic N) is 3. The number of benzene rings is 5. The summed E-state index contributed by atoms with van der Waals surface area (Å²) >= 11 is 0. The molecule has 0 atom stereocenters. The molecule has 8 rings (SSSR count). The number of pyridine rings is 1. The lowest BCUT2D eigenvalue weighted by atomic mass is 9.89. The summed E-state index contributed by atoms with van der Waals surface area (Å²) in [5, 5.41) is 7.12. The highest BCUT2D eigenvalue weighted by molar-refractivity contribution is 6.14. The minimum absolute atomic E-state index is 0.296. The van der Waals surface area contributed by atoms with Gasteiger partial charge in [-0.1, -0.05) is 88.4 Å². The molecule has 0 aliphatic heterocycles. The highest BCUT2D eigenvalue weighted by atomic mass is 16.3. The van der Waals surface area contributed by atoms with Crippen LogP contribution in [0.2, 0.25) is 0 Å². The lowest BCUT2D eigenvalue weighted by molar-refractivity contribution is 0.647. The van der Waals surface area contributed by atoms with Crippen LogP contribution in [0.5, 0.6) is 0 Å². The van der Waals surface area contributed by atoms with E-state index < -0.39 is 0 Å². The molecule has 0 N–H and O–H groups in total. The van der Waals surface area contributed by atoms with Crippen LogP contribution in [0.4, 0.5) is 0 Å². The molecule has 3 aromatic heterocycles. The van der Waals surface area contributed by atoms with Gasteiger partial charge in [-0.25, -0.2) is 9.97 Å². The van der Waals surface area contributed by atoms with Crippen LogP contribution in [0.25, 0.3) is 71.7 Å². The first-order valence-corrected chi connectivity index (χ1v) is 14.7. The van der Waals surface area contributed by atoms with E-state index in [1.165, 1.54) is 32.8 Å². The molecular formula is C38H31N3O. The van der Waals surface area contributed by atoms with Gasteiger partial charge in [-0.15, -0.1) is 0 Å². The zero-order chi connectivity index (χ0) is 28.5. The summed E-state index contributed by atoms with van der Waals surface area (Å²) in [6.45, 7) is 8.89. The van der Waals surface area contributed by atoms with Crippen molar-refractivity contribution in [1.29, 1.82) is 0 Å². The number of hydrogen-bond acceptors (Lipinski definition) is 3. The maximum absolute atomic E-state index is 6.23. The van der Waals surface area contributed by atoms with Gasteiger partial charge in [0.25, 0.3) is 0 Å². The van der Waals surface area contributed by atoms with Crippen molar-refractivity contribution in [2.75, 3.05) is 0 Å². The van der Waals surface area contributed by atoms with Gasteiger partial charge in [0.2, 0.25) is 5.71 Å². The number of imidazole rings is 1. The van der Waals surface area contributed by atoms with E-state index in [9.17, 15) is 0 Å². The van der Waals surface area contributed by atoms with E-state index in [2.05, 4.69) is 135 Å². The zero-order valence-electron chi connectivity index (χ0n) is 24.2. The van der Waals surface area contributed by atoms with E-state index >= 15 is 0 Å². The second-order valence-electron chi connectivity index (χ2n) is 11.8. The second kappa shape index (κ2) is 9.28. The summed E-state index contributed by atoms with van der Waals surface area (Å²) in [5.41, 5.74) is 8.19. The van der Waals surface area contributed by atoms with Crippen LogP contribution in [0.1, 0.15) is 50.8 Å². The van der Waals surface area contributed by atoms with Gasteiger partial charge in [-0.3, -0.25) is 4.57 Å². The Morgan fingerprint density at radius 1 is 0.595 bits per heavy atom. The highest BCUT2D eigenvalue weighted by Crippen LogP contribution is 2.42. The maximum Gasteiger partial charge on any atom is 0.227 e. The molecule has 0 radical (unpaired) electrons. The number of hydrogen-bond donors (Lipinski definition) is 0. The van der Waals surface area contributed by atoms with Crippen LogP contribution in [0, 0.1) is 0 Å². The molecule has 5 aromatic carbocycles. The normalized spacial score (nSPS) is 12.2. The SMILES string of the molecule is CC(C)c1ccc2c(n1)oc1ccc(-c3nc4ccccc4n3-c3c(C(C)C)c4ccccc4c4ccccc34)cc12. The van der Waals surface area contributed by atoms with Gasteiger partial charge in [0, 0.05) is 27.4 Å². The fourth-order valence-corrected chi connectivity index (χ4v) is 6.55. The Labute approximate surface area is 244 Å². The Morgan fingerprint density at radius 3 is 2.05 bits per heavy atom. The molecule has 4 heteroatoms. The quantitative estimate of drug-likeness (QED) is 0.207. The van der Waals surface area contributed by atoms with Crippen LogP contribution in [0.15, 0.2) is 108 Å². The average Bonchev–Trinajstić information content (AvgIpc) is 3.58. The molecule has 0 spiro atoms. The highest BCUT2D eigenvalue weighted by Gasteiger charge is 2.23. The van der Waals surface area contributed by atoms with Crippen molar-refractivity contribution >= 4 is 54.6 Å². The van der Waals surface area contributed by atoms with Gasteiger partial charge in [0.1, 0.15) is 11.4 Å². The molecule has 3 heterocycles. The fourth-order valence-electron chi connectivity index (χ4n) is 6.55.